The monoisotopic (exact) mass is 461 g/mol. The number of ketones is 1. The fourth-order valence-corrected chi connectivity index (χ4v) is 5.78. The van der Waals surface area contributed by atoms with Crippen LogP contribution in [0.25, 0.3) is 11.0 Å². The first-order valence-corrected chi connectivity index (χ1v) is 12.1. The minimum atomic E-state index is -0.880. The quantitative estimate of drug-likeness (QED) is 0.644. The van der Waals surface area contributed by atoms with E-state index in [1.165, 1.54) is 6.26 Å². The fourth-order valence-electron chi connectivity index (χ4n) is 5.78. The Hall–Kier alpha value is -3.15. The van der Waals surface area contributed by atoms with Gasteiger partial charge in [0.2, 0.25) is 0 Å². The number of aryl methyl sites for hydroxylation is 1. The summed E-state index contributed by atoms with van der Waals surface area (Å²) in [6.07, 6.45) is 5.99. The molecule has 178 valence electrons. The van der Waals surface area contributed by atoms with Crippen molar-refractivity contribution in [2.75, 3.05) is 0 Å². The molecule has 6 heteroatoms. The SMILES string of the molecule is C=C1NC2=C(C(=O)CC(C)(C)C2)C(c2coc3ccc(C)cc3c2=O)C1C(=O)OC1CCCC1. The smallest absolute Gasteiger partial charge is 0.316 e. The second kappa shape index (κ2) is 8.26. The molecule has 34 heavy (non-hydrogen) atoms. The van der Waals surface area contributed by atoms with Gasteiger partial charge in [-0.05, 0) is 56.6 Å². The minimum Gasteiger partial charge on any atom is -0.464 e. The molecule has 2 unspecified atom stereocenters. The van der Waals surface area contributed by atoms with Gasteiger partial charge in [-0.15, -0.1) is 0 Å². The molecule has 1 aromatic carbocycles. The van der Waals surface area contributed by atoms with Gasteiger partial charge >= 0.3 is 5.97 Å². The van der Waals surface area contributed by atoms with Gasteiger partial charge in [0.25, 0.3) is 0 Å². The molecule has 5 rings (SSSR count). The molecule has 0 spiro atoms. The van der Waals surface area contributed by atoms with E-state index in [2.05, 4.69) is 11.9 Å². The van der Waals surface area contributed by atoms with Crippen LogP contribution in [0.1, 0.15) is 69.4 Å². The van der Waals surface area contributed by atoms with E-state index in [0.717, 1.165) is 36.9 Å². The highest BCUT2D eigenvalue weighted by Gasteiger charge is 2.48. The number of allylic oxidation sites excluding steroid dienone is 2. The molecule has 1 fully saturated rings. The van der Waals surface area contributed by atoms with Crippen LogP contribution in [0.4, 0.5) is 0 Å². The second-order valence-corrected chi connectivity index (χ2v) is 10.8. The lowest BCUT2D eigenvalue weighted by Gasteiger charge is -2.42. The lowest BCUT2D eigenvalue weighted by atomic mass is 9.66. The van der Waals surface area contributed by atoms with Crippen LogP contribution in [0.5, 0.6) is 0 Å². The van der Waals surface area contributed by atoms with E-state index < -0.39 is 17.8 Å². The Labute approximate surface area is 199 Å². The van der Waals surface area contributed by atoms with Gasteiger partial charge < -0.3 is 14.5 Å². The van der Waals surface area contributed by atoms with Gasteiger partial charge in [0.05, 0.1) is 11.6 Å². The summed E-state index contributed by atoms with van der Waals surface area (Å²) < 4.78 is 11.7. The lowest BCUT2D eigenvalue weighted by Crippen LogP contribution is -2.45. The summed E-state index contributed by atoms with van der Waals surface area (Å²) in [6.45, 7) is 10.1. The first-order chi connectivity index (χ1) is 16.1. The average Bonchev–Trinajstić information content (AvgIpc) is 3.25. The van der Waals surface area contributed by atoms with Gasteiger partial charge in [0.1, 0.15) is 17.6 Å². The van der Waals surface area contributed by atoms with Crippen LogP contribution in [0.2, 0.25) is 0 Å². The van der Waals surface area contributed by atoms with Gasteiger partial charge in [-0.2, -0.15) is 0 Å². The van der Waals surface area contributed by atoms with E-state index in [1.807, 2.05) is 26.8 Å². The maximum atomic E-state index is 13.7. The molecule has 3 aliphatic rings. The molecule has 0 saturated heterocycles. The predicted molar refractivity (Wildman–Crippen MR) is 129 cm³/mol. The molecule has 2 aliphatic carbocycles. The molecule has 6 nitrogen and oxygen atoms in total. The van der Waals surface area contributed by atoms with Crippen LogP contribution < -0.4 is 10.7 Å². The van der Waals surface area contributed by atoms with Crippen molar-refractivity contribution in [3.63, 3.8) is 0 Å². The first kappa shape index (κ1) is 22.6. The van der Waals surface area contributed by atoms with E-state index >= 15 is 0 Å². The van der Waals surface area contributed by atoms with Crippen molar-refractivity contribution in [2.45, 2.75) is 71.3 Å². The minimum absolute atomic E-state index is 0.0568. The standard InChI is InChI=1S/C28H31NO5/c1-15-9-10-22-18(11-15)26(31)19(14-33-22)24-23(27(32)34-17-7-5-6-8-17)16(2)29-20-12-28(3,4)13-21(30)25(20)24/h9-11,14,17,23-24,29H,2,5-8,12-13H2,1,3-4H3. The number of Topliss-reactive ketones (excluding diaryl/α,β-unsaturated/α-hetero) is 1. The van der Waals surface area contributed by atoms with Crippen molar-refractivity contribution in [3.05, 3.63) is 69.4 Å². The maximum Gasteiger partial charge on any atom is 0.316 e. The normalized spacial score (nSPS) is 24.8. The Kier molecular flexibility index (Phi) is 5.50. The molecule has 0 bridgehead atoms. The Bertz CT molecular complexity index is 1290. The molecule has 0 amide bonds. The van der Waals surface area contributed by atoms with E-state index in [-0.39, 0.29) is 22.7 Å². The van der Waals surface area contributed by atoms with Gasteiger partial charge in [-0.1, -0.05) is 32.1 Å². The molecule has 2 heterocycles. The third kappa shape index (κ3) is 3.89. The van der Waals surface area contributed by atoms with Gasteiger partial charge in [-0.3, -0.25) is 14.4 Å². The summed E-state index contributed by atoms with van der Waals surface area (Å²) in [4.78, 5) is 40.7. The van der Waals surface area contributed by atoms with Crippen LogP contribution in [-0.2, 0) is 14.3 Å². The summed E-state index contributed by atoms with van der Waals surface area (Å²) in [5, 5.41) is 3.70. The highest BCUT2D eigenvalue weighted by molar-refractivity contribution is 6.01. The molecule has 2 aromatic rings. The fraction of sp³-hybridized carbons (Fsp3) is 0.464. The Morgan fingerprint density at radius 2 is 1.91 bits per heavy atom. The molecule has 1 aliphatic heterocycles. The topological polar surface area (TPSA) is 85.6 Å². The molecule has 1 N–H and O–H groups in total. The molecule has 2 atom stereocenters. The van der Waals surface area contributed by atoms with Crippen molar-refractivity contribution in [1.29, 1.82) is 0 Å². The lowest BCUT2D eigenvalue weighted by molar-refractivity contribution is -0.153. The van der Waals surface area contributed by atoms with Gasteiger partial charge in [0, 0.05) is 34.9 Å². The number of benzene rings is 1. The Balaban J connectivity index is 1.68. The third-order valence-corrected chi connectivity index (χ3v) is 7.38. The third-order valence-electron chi connectivity index (χ3n) is 7.38. The van der Waals surface area contributed by atoms with Crippen LogP contribution in [0.15, 0.2) is 57.2 Å². The second-order valence-electron chi connectivity index (χ2n) is 10.8. The predicted octanol–water partition coefficient (Wildman–Crippen LogP) is 5.05. The van der Waals surface area contributed by atoms with E-state index in [9.17, 15) is 14.4 Å². The number of nitrogens with one attached hydrogen (secondary N) is 1. The Morgan fingerprint density at radius 1 is 1.18 bits per heavy atom. The number of ether oxygens (including phenoxy) is 1. The zero-order valence-electron chi connectivity index (χ0n) is 20.0. The summed E-state index contributed by atoms with van der Waals surface area (Å²) in [6, 6.07) is 5.43. The van der Waals surface area contributed by atoms with Crippen molar-refractivity contribution >= 4 is 22.7 Å². The summed E-state index contributed by atoms with van der Waals surface area (Å²) in [5.74, 6) is -2.17. The number of hydrogen-bond donors (Lipinski definition) is 1. The molecular weight excluding hydrogens is 430 g/mol. The van der Waals surface area contributed by atoms with Crippen molar-refractivity contribution in [2.24, 2.45) is 11.3 Å². The van der Waals surface area contributed by atoms with Crippen molar-refractivity contribution in [3.8, 4) is 0 Å². The van der Waals surface area contributed by atoms with Crippen LogP contribution in [-0.4, -0.2) is 17.9 Å². The van der Waals surface area contributed by atoms with Crippen LogP contribution >= 0.6 is 0 Å². The van der Waals surface area contributed by atoms with Crippen LogP contribution in [0, 0.1) is 18.3 Å². The van der Waals surface area contributed by atoms with E-state index in [0.29, 0.717) is 40.6 Å². The van der Waals surface area contributed by atoms with E-state index in [4.69, 9.17) is 9.15 Å². The van der Waals surface area contributed by atoms with Crippen LogP contribution in [0.3, 0.4) is 0 Å². The summed E-state index contributed by atoms with van der Waals surface area (Å²) in [5.41, 5.74) is 2.94. The largest absolute Gasteiger partial charge is 0.464 e. The Morgan fingerprint density at radius 3 is 2.65 bits per heavy atom. The first-order valence-electron chi connectivity index (χ1n) is 12.1. The zero-order chi connectivity index (χ0) is 24.2. The summed E-state index contributed by atoms with van der Waals surface area (Å²) in [7, 11) is 0. The molecular formula is C28H31NO5. The number of rotatable bonds is 3. The highest BCUT2D eigenvalue weighted by Crippen LogP contribution is 2.48. The maximum absolute atomic E-state index is 13.7. The van der Waals surface area contributed by atoms with Gasteiger partial charge in [-0.25, -0.2) is 0 Å². The number of fused-ring (bicyclic) bond motifs is 1. The van der Waals surface area contributed by atoms with E-state index in [1.54, 1.807) is 12.1 Å². The van der Waals surface area contributed by atoms with Crippen molar-refractivity contribution in [1.82, 2.24) is 5.32 Å². The van der Waals surface area contributed by atoms with Crippen molar-refractivity contribution < 1.29 is 18.7 Å². The zero-order valence-corrected chi connectivity index (χ0v) is 20.0. The highest BCUT2D eigenvalue weighted by atomic mass is 16.5. The van der Waals surface area contributed by atoms with Gasteiger partial charge in [0.15, 0.2) is 11.2 Å². The molecule has 1 saturated carbocycles. The molecule has 0 radical (unpaired) electrons. The summed E-state index contributed by atoms with van der Waals surface area (Å²) >= 11 is 0. The number of carbonyl (C=O) groups excluding carboxylic acids is 2. The number of hydrogen-bond acceptors (Lipinski definition) is 6. The number of esters is 1. The average molecular weight is 462 g/mol. The number of carbonyl (C=O) groups is 2. The molecule has 1 aromatic heterocycles.